The van der Waals surface area contributed by atoms with E-state index in [0.717, 1.165) is 6.42 Å². The predicted octanol–water partition coefficient (Wildman–Crippen LogP) is -8.67. The Hall–Kier alpha value is 1.96. The third-order valence-corrected chi connectivity index (χ3v) is 0.362. The quantitative estimate of drug-likeness (QED) is 0.286. The zero-order valence-electron chi connectivity index (χ0n) is 8.57. The van der Waals surface area contributed by atoms with Crippen molar-refractivity contribution in [3.05, 3.63) is 0 Å². The zero-order chi connectivity index (χ0) is 11.3. The molecule has 0 unspecified atom stereocenters. The minimum atomic E-state index is -3.37. The van der Waals surface area contributed by atoms with E-state index < -0.39 is 16.5 Å². The topological polar surface area (TPSA) is 167 Å². The van der Waals surface area contributed by atoms with Crippen LogP contribution in [0, 0.1) is 0 Å². The van der Waals surface area contributed by atoms with Crippen molar-refractivity contribution < 1.29 is 92.9 Å². The summed E-state index contributed by atoms with van der Waals surface area (Å²) in [7, 11) is -6.24. The Kier molecular flexibility index (Phi) is 59.9. The minimum Gasteiger partial charge on any atom is -0.598 e. The molecule has 0 atom stereocenters. The summed E-state index contributed by atoms with van der Waals surface area (Å²) in [6.45, 7) is 0.812. The molecular weight excluding hydrogens is 270 g/mol. The molecule has 0 aromatic rings. The Balaban J connectivity index is -0.0000000315. The molecule has 80 valence electrons. The van der Waals surface area contributed by atoms with Crippen molar-refractivity contribution in [2.24, 2.45) is 5.73 Å². The van der Waals surface area contributed by atoms with Crippen LogP contribution in [0.4, 0.5) is 0 Å². The predicted molar refractivity (Wildman–Crippen MR) is 40.4 cm³/mol. The number of hydrogen-bond donors (Lipinski definition) is 4. The fourth-order valence-electron chi connectivity index (χ4n) is 0.0913. The van der Waals surface area contributed by atoms with E-state index in [1.165, 1.54) is 0 Å². The van der Waals surface area contributed by atoms with Gasteiger partial charge in [-0.15, -0.1) is 9.79 Å². The second-order valence-corrected chi connectivity index (χ2v) is 2.29. The van der Waals surface area contributed by atoms with Crippen LogP contribution in [0.2, 0.25) is 0 Å². The van der Waals surface area contributed by atoms with Crippen LogP contribution < -0.4 is 74.6 Å². The van der Waals surface area contributed by atoms with Gasteiger partial charge < -0.3 is 20.6 Å². The van der Waals surface area contributed by atoms with Gasteiger partial charge in [0, 0.05) is 11.2 Å². The van der Waals surface area contributed by atoms with Gasteiger partial charge in [-0.25, -0.2) is 0 Å². The van der Waals surface area contributed by atoms with Gasteiger partial charge in [0.05, 0.1) is 0 Å². The average Bonchev–Trinajstić information content (AvgIpc) is 1.86. The maximum atomic E-state index is 8.70. The maximum Gasteiger partial charge on any atom is 1.00 e. The van der Waals surface area contributed by atoms with E-state index in [4.69, 9.17) is 39.5 Å². The van der Waals surface area contributed by atoms with Crippen molar-refractivity contribution in [3.8, 4) is 0 Å². The van der Waals surface area contributed by atoms with E-state index in [-0.39, 0.29) is 65.7 Å². The molecule has 0 rings (SSSR count). The second kappa shape index (κ2) is 29.7. The van der Waals surface area contributed by atoms with Crippen LogP contribution in [0.25, 0.3) is 0 Å². The number of aliphatic hydroxyl groups excluding tert-OH is 1. The normalized spacial score (nSPS) is 6.27. The van der Waals surface area contributed by atoms with E-state index in [1.807, 2.05) is 0 Å². The molecule has 0 aliphatic heterocycles. The molecule has 0 aliphatic carbocycles. The van der Waals surface area contributed by atoms with Crippen LogP contribution in [0.15, 0.2) is 0 Å². The second-order valence-electron chi connectivity index (χ2n) is 1.34. The largest absolute Gasteiger partial charge is 1.00 e. The Labute approximate surface area is 133 Å². The number of aliphatic hydroxyl groups is 1. The molecule has 0 amide bonds. The summed E-state index contributed by atoms with van der Waals surface area (Å²) in [5.41, 5.74) is 4.98. The van der Waals surface area contributed by atoms with Crippen molar-refractivity contribution >= 4 is 16.5 Å². The Morgan fingerprint density at radius 1 is 1.13 bits per heavy atom. The molecule has 15 heavy (non-hydrogen) atoms. The molecule has 12 heteroatoms. The maximum absolute atomic E-state index is 8.70. The monoisotopic (exact) mass is 281 g/mol. The number of hydrogen-bond acceptors (Lipinski definition) is 6. The first-order valence-electron chi connectivity index (χ1n) is 2.85. The molecule has 0 heterocycles. The van der Waals surface area contributed by atoms with E-state index in [0.29, 0.717) is 6.54 Å². The molecule has 0 spiro atoms. The zero-order valence-corrected chi connectivity index (χ0v) is 14.4. The molecule has 0 saturated carbocycles. The molecular formula is C3H11NNa2O7P2+2. The molecule has 0 fully saturated rings. The number of nitrogens with two attached hydrogens (primary N) is 1. The number of rotatable bonds is 2. The van der Waals surface area contributed by atoms with Crippen LogP contribution in [-0.2, 0) is 9.13 Å². The fraction of sp³-hybridized carbons (Fsp3) is 1.00. The van der Waals surface area contributed by atoms with Gasteiger partial charge in [0.2, 0.25) is 0 Å². The molecule has 8 nitrogen and oxygen atoms in total. The van der Waals surface area contributed by atoms with Crippen LogP contribution in [0.5, 0.6) is 0 Å². The third-order valence-electron chi connectivity index (χ3n) is 0.362. The molecule has 0 radical (unpaired) electrons. The van der Waals surface area contributed by atoms with Crippen LogP contribution in [0.1, 0.15) is 6.42 Å². The van der Waals surface area contributed by atoms with Gasteiger partial charge in [0.15, 0.2) is 0 Å². The summed E-state index contributed by atoms with van der Waals surface area (Å²) < 4.78 is 17.2. The summed E-state index contributed by atoms with van der Waals surface area (Å²) in [5, 5.41) is 7.99. The van der Waals surface area contributed by atoms with E-state index >= 15 is 0 Å². The van der Waals surface area contributed by atoms with Gasteiger partial charge in [0.25, 0.3) is 8.25 Å². The van der Waals surface area contributed by atoms with Crippen LogP contribution in [-0.4, -0.2) is 28.0 Å². The molecule has 0 saturated heterocycles. The van der Waals surface area contributed by atoms with Crippen molar-refractivity contribution in [1.29, 1.82) is 0 Å². The van der Waals surface area contributed by atoms with Crippen molar-refractivity contribution in [3.63, 3.8) is 0 Å². The Morgan fingerprint density at radius 3 is 1.33 bits per heavy atom. The van der Waals surface area contributed by atoms with Gasteiger partial charge >= 0.3 is 67.4 Å². The standard InChI is InChI=1S/C3H9NO.2Na.2HO3P/c4-2-1-3-5;;;2*1-4(2)3/h5H,1-4H2;;;(H-,1,2,3);(H,1,2,3)/q;2*+1;;. The first-order chi connectivity index (χ1) is 5.88. The smallest absolute Gasteiger partial charge is 0.598 e. The Bertz CT molecular complexity index is 117. The van der Waals surface area contributed by atoms with Gasteiger partial charge in [-0.3, -0.25) is 0 Å². The Morgan fingerprint density at radius 2 is 1.33 bits per heavy atom. The minimum absolute atomic E-state index is 0. The molecule has 0 aromatic heterocycles. The summed E-state index contributed by atoms with van der Waals surface area (Å²) in [4.78, 5) is 31.2. The van der Waals surface area contributed by atoms with E-state index in [2.05, 4.69) is 0 Å². The molecule has 5 N–H and O–H groups in total. The summed E-state index contributed by atoms with van der Waals surface area (Å²) >= 11 is 0. The average molecular weight is 281 g/mol. The van der Waals surface area contributed by atoms with Gasteiger partial charge in [-0.1, -0.05) is 4.57 Å². The third kappa shape index (κ3) is 198. The van der Waals surface area contributed by atoms with E-state index in [9.17, 15) is 0 Å². The summed E-state index contributed by atoms with van der Waals surface area (Å²) in [5.74, 6) is 0. The van der Waals surface area contributed by atoms with Gasteiger partial charge in [-0.2, -0.15) is 0 Å². The fourth-order valence-corrected chi connectivity index (χ4v) is 0.0913. The van der Waals surface area contributed by atoms with Gasteiger partial charge in [0.1, 0.15) is 0 Å². The summed E-state index contributed by atoms with van der Waals surface area (Å²) in [6, 6.07) is 0. The molecule has 0 bridgehead atoms. The first-order valence-corrected chi connectivity index (χ1v) is 5.12. The molecule has 0 aliphatic rings. The first kappa shape index (κ1) is 30.2. The van der Waals surface area contributed by atoms with Crippen molar-refractivity contribution in [2.45, 2.75) is 6.42 Å². The van der Waals surface area contributed by atoms with Crippen molar-refractivity contribution in [2.75, 3.05) is 13.2 Å². The van der Waals surface area contributed by atoms with Crippen LogP contribution in [0.3, 0.4) is 0 Å². The summed E-state index contributed by atoms with van der Waals surface area (Å²) in [6.07, 6.45) is 0.722. The van der Waals surface area contributed by atoms with E-state index in [1.54, 1.807) is 0 Å². The van der Waals surface area contributed by atoms with Crippen molar-refractivity contribution in [1.82, 2.24) is 0 Å². The SMILES string of the molecule is NCCCO.O=[P+](O)O.O=[P+]([O-])[O-].[Na+].[Na+]. The van der Waals surface area contributed by atoms with Crippen LogP contribution >= 0.6 is 16.5 Å². The van der Waals surface area contributed by atoms with Gasteiger partial charge in [-0.05, 0) is 13.0 Å². The molecule has 0 aromatic carbocycles.